The van der Waals surface area contributed by atoms with Crippen LogP contribution in [0.3, 0.4) is 0 Å². The average Bonchev–Trinajstić information content (AvgIpc) is 2.64. The molecule has 0 unspecified atom stereocenters. The number of rotatable bonds is 7. The number of ether oxygens (including phenoxy) is 1. The number of carbonyl (C=O) groups is 2. The first kappa shape index (κ1) is 22.3. The van der Waals surface area contributed by atoms with Gasteiger partial charge in [0.2, 0.25) is 5.91 Å². The standard InChI is InChI=1S/C22H26F2N2O3/c1-14-17(6-5-7-18(14)29-21(23)24)26-19(27)12-13-25-20(28)15-8-10-16(11-9-15)22(2,3)4/h5-11,21H,12-13H2,1-4H3,(H,25,28)(H,26,27). The van der Waals surface area contributed by atoms with Gasteiger partial charge in [-0.2, -0.15) is 8.78 Å². The fraction of sp³-hybridized carbons (Fsp3) is 0.364. The van der Waals surface area contributed by atoms with Crippen LogP contribution in [0.4, 0.5) is 14.5 Å². The van der Waals surface area contributed by atoms with Crippen molar-refractivity contribution in [1.29, 1.82) is 0 Å². The Morgan fingerprint density at radius 2 is 1.72 bits per heavy atom. The molecule has 0 aliphatic heterocycles. The van der Waals surface area contributed by atoms with Gasteiger partial charge in [0.1, 0.15) is 5.75 Å². The van der Waals surface area contributed by atoms with E-state index in [1.807, 2.05) is 12.1 Å². The summed E-state index contributed by atoms with van der Waals surface area (Å²) >= 11 is 0. The number of carbonyl (C=O) groups excluding carboxylic acids is 2. The first-order valence-corrected chi connectivity index (χ1v) is 9.31. The molecule has 2 rings (SSSR count). The molecule has 7 heteroatoms. The van der Waals surface area contributed by atoms with Gasteiger partial charge < -0.3 is 15.4 Å². The van der Waals surface area contributed by atoms with E-state index in [4.69, 9.17) is 0 Å². The fourth-order valence-electron chi connectivity index (χ4n) is 2.70. The van der Waals surface area contributed by atoms with Crippen molar-refractivity contribution in [1.82, 2.24) is 5.32 Å². The van der Waals surface area contributed by atoms with Crippen molar-refractivity contribution in [2.75, 3.05) is 11.9 Å². The second kappa shape index (κ2) is 9.49. The summed E-state index contributed by atoms with van der Waals surface area (Å²) in [6, 6.07) is 11.9. The highest BCUT2D eigenvalue weighted by Gasteiger charge is 2.15. The van der Waals surface area contributed by atoms with Gasteiger partial charge in [-0.15, -0.1) is 0 Å². The quantitative estimate of drug-likeness (QED) is 0.706. The Morgan fingerprint density at radius 1 is 1.07 bits per heavy atom. The van der Waals surface area contributed by atoms with Gasteiger partial charge in [0, 0.05) is 29.8 Å². The molecule has 0 saturated heterocycles. The molecule has 0 bridgehead atoms. The van der Waals surface area contributed by atoms with Gasteiger partial charge in [0.15, 0.2) is 0 Å². The van der Waals surface area contributed by atoms with Crippen LogP contribution in [0.5, 0.6) is 5.75 Å². The van der Waals surface area contributed by atoms with Crippen LogP contribution in [0.15, 0.2) is 42.5 Å². The van der Waals surface area contributed by atoms with Crippen LogP contribution in [-0.2, 0) is 10.2 Å². The van der Waals surface area contributed by atoms with Gasteiger partial charge in [-0.05, 0) is 42.2 Å². The maximum absolute atomic E-state index is 12.4. The van der Waals surface area contributed by atoms with Gasteiger partial charge in [-0.1, -0.05) is 39.0 Å². The third-order valence-electron chi connectivity index (χ3n) is 4.42. The lowest BCUT2D eigenvalue weighted by Gasteiger charge is -2.19. The Kier molecular flexibility index (Phi) is 7.31. The van der Waals surface area contributed by atoms with E-state index in [1.54, 1.807) is 25.1 Å². The second-order valence-electron chi connectivity index (χ2n) is 7.69. The van der Waals surface area contributed by atoms with E-state index >= 15 is 0 Å². The van der Waals surface area contributed by atoms with Crippen molar-refractivity contribution in [3.05, 3.63) is 59.2 Å². The molecule has 0 aromatic heterocycles. The van der Waals surface area contributed by atoms with Gasteiger partial charge >= 0.3 is 6.61 Å². The van der Waals surface area contributed by atoms with Crippen molar-refractivity contribution >= 4 is 17.5 Å². The molecule has 29 heavy (non-hydrogen) atoms. The minimum Gasteiger partial charge on any atom is -0.434 e. The van der Waals surface area contributed by atoms with Crippen LogP contribution in [-0.4, -0.2) is 25.0 Å². The summed E-state index contributed by atoms with van der Waals surface area (Å²) in [6.45, 7) is 5.08. The summed E-state index contributed by atoms with van der Waals surface area (Å²) in [5.41, 5.74) is 2.44. The van der Waals surface area contributed by atoms with Gasteiger partial charge in [-0.3, -0.25) is 9.59 Å². The number of benzene rings is 2. The summed E-state index contributed by atoms with van der Waals surface area (Å²) in [4.78, 5) is 24.3. The zero-order valence-electron chi connectivity index (χ0n) is 17.0. The Morgan fingerprint density at radius 3 is 2.31 bits per heavy atom. The third-order valence-corrected chi connectivity index (χ3v) is 4.42. The molecule has 0 aliphatic carbocycles. The topological polar surface area (TPSA) is 67.4 Å². The number of halogens is 2. The van der Waals surface area contributed by atoms with Crippen molar-refractivity contribution < 1.29 is 23.1 Å². The fourth-order valence-corrected chi connectivity index (χ4v) is 2.70. The van der Waals surface area contributed by atoms with E-state index in [-0.39, 0.29) is 35.9 Å². The molecular formula is C22H26F2N2O3. The van der Waals surface area contributed by atoms with E-state index in [0.29, 0.717) is 16.8 Å². The third kappa shape index (κ3) is 6.55. The summed E-state index contributed by atoms with van der Waals surface area (Å²) < 4.78 is 29.2. The Hall–Kier alpha value is -2.96. The normalized spacial score (nSPS) is 11.3. The molecule has 0 spiro atoms. The smallest absolute Gasteiger partial charge is 0.387 e. The van der Waals surface area contributed by atoms with E-state index in [9.17, 15) is 18.4 Å². The lowest BCUT2D eigenvalue weighted by molar-refractivity contribution is -0.116. The molecule has 0 saturated carbocycles. The van der Waals surface area contributed by atoms with E-state index in [2.05, 4.69) is 36.1 Å². The Labute approximate surface area is 169 Å². The predicted octanol–water partition coefficient (Wildman–Crippen LogP) is 4.65. The van der Waals surface area contributed by atoms with Crippen LogP contribution in [0, 0.1) is 6.92 Å². The molecule has 0 fully saturated rings. The molecule has 2 aromatic carbocycles. The van der Waals surface area contributed by atoms with E-state index < -0.39 is 6.61 Å². The summed E-state index contributed by atoms with van der Waals surface area (Å²) in [6.07, 6.45) is 0.0468. The van der Waals surface area contributed by atoms with E-state index in [0.717, 1.165) is 5.56 Å². The van der Waals surface area contributed by atoms with Crippen LogP contribution in [0.2, 0.25) is 0 Å². The van der Waals surface area contributed by atoms with Gasteiger partial charge in [0.25, 0.3) is 5.91 Å². The van der Waals surface area contributed by atoms with Crippen molar-refractivity contribution in [2.45, 2.75) is 46.1 Å². The molecule has 0 aliphatic rings. The molecule has 156 valence electrons. The van der Waals surface area contributed by atoms with Crippen molar-refractivity contribution in [3.63, 3.8) is 0 Å². The number of anilines is 1. The highest BCUT2D eigenvalue weighted by Crippen LogP contribution is 2.27. The minimum absolute atomic E-state index is 0.00286. The van der Waals surface area contributed by atoms with Crippen LogP contribution in [0.25, 0.3) is 0 Å². The molecular weight excluding hydrogens is 378 g/mol. The minimum atomic E-state index is -2.94. The first-order valence-electron chi connectivity index (χ1n) is 9.31. The van der Waals surface area contributed by atoms with Gasteiger partial charge in [-0.25, -0.2) is 0 Å². The number of amides is 2. The Bertz CT molecular complexity index is 859. The van der Waals surface area contributed by atoms with Crippen molar-refractivity contribution in [3.8, 4) is 5.75 Å². The molecule has 2 amide bonds. The lowest BCUT2D eigenvalue weighted by Crippen LogP contribution is -2.27. The molecule has 0 heterocycles. The molecule has 2 aromatic rings. The van der Waals surface area contributed by atoms with Crippen LogP contribution < -0.4 is 15.4 Å². The number of nitrogens with one attached hydrogen (secondary N) is 2. The molecule has 5 nitrogen and oxygen atoms in total. The average molecular weight is 404 g/mol. The molecule has 0 atom stereocenters. The van der Waals surface area contributed by atoms with Crippen LogP contribution >= 0.6 is 0 Å². The summed E-state index contributed by atoms with van der Waals surface area (Å²) in [7, 11) is 0. The van der Waals surface area contributed by atoms with Gasteiger partial charge in [0.05, 0.1) is 0 Å². The highest BCUT2D eigenvalue weighted by molar-refractivity contribution is 5.95. The first-order chi connectivity index (χ1) is 13.6. The lowest BCUT2D eigenvalue weighted by atomic mass is 9.87. The molecule has 0 radical (unpaired) electrons. The number of alkyl halides is 2. The Balaban J connectivity index is 1.86. The number of hydrogen-bond donors (Lipinski definition) is 2. The molecule has 2 N–H and O–H groups in total. The largest absolute Gasteiger partial charge is 0.434 e. The zero-order valence-corrected chi connectivity index (χ0v) is 17.0. The van der Waals surface area contributed by atoms with Crippen LogP contribution in [0.1, 0.15) is 48.7 Å². The maximum atomic E-state index is 12.4. The maximum Gasteiger partial charge on any atom is 0.387 e. The number of hydrogen-bond acceptors (Lipinski definition) is 3. The van der Waals surface area contributed by atoms with Crippen molar-refractivity contribution in [2.24, 2.45) is 0 Å². The summed E-state index contributed by atoms with van der Waals surface area (Å²) in [5.74, 6) is -0.600. The monoisotopic (exact) mass is 404 g/mol. The predicted molar refractivity (Wildman–Crippen MR) is 109 cm³/mol. The zero-order chi connectivity index (χ0) is 21.6. The second-order valence-corrected chi connectivity index (χ2v) is 7.69. The summed E-state index contributed by atoms with van der Waals surface area (Å²) in [5, 5.41) is 5.35. The van der Waals surface area contributed by atoms with E-state index in [1.165, 1.54) is 12.1 Å². The highest BCUT2D eigenvalue weighted by atomic mass is 19.3. The SMILES string of the molecule is Cc1c(NC(=O)CCNC(=O)c2ccc(C(C)(C)C)cc2)cccc1OC(F)F.